The lowest BCUT2D eigenvalue weighted by Crippen LogP contribution is -2.09. The van der Waals surface area contributed by atoms with Crippen LogP contribution in [0.4, 0.5) is 0 Å². The lowest BCUT2D eigenvalue weighted by atomic mass is 9.80. The van der Waals surface area contributed by atoms with Gasteiger partial charge in [0.15, 0.2) is 0 Å². The number of aryl methyl sites for hydroxylation is 1. The SMILES string of the molecule is CC.Cc1ccc(-c2cc(C(C)CC(CC(C)c3cccnc3)c3ccncc3)ccn2)cc1. The Bertz CT molecular complexity index is 1110. The molecule has 4 rings (SSSR count). The van der Waals surface area contributed by atoms with Crippen molar-refractivity contribution in [2.75, 3.05) is 0 Å². The van der Waals surface area contributed by atoms with Crippen molar-refractivity contribution in [3.63, 3.8) is 0 Å². The van der Waals surface area contributed by atoms with E-state index < -0.39 is 0 Å². The Morgan fingerprint density at radius 1 is 0.676 bits per heavy atom. The molecule has 0 bridgehead atoms. The molecule has 0 saturated carbocycles. The first kappa shape index (κ1) is 25.3. The van der Waals surface area contributed by atoms with Gasteiger partial charge in [0.05, 0.1) is 5.69 Å². The van der Waals surface area contributed by atoms with E-state index in [1.165, 1.54) is 27.8 Å². The Morgan fingerprint density at radius 2 is 1.32 bits per heavy atom. The standard InChI is InChI=1S/C29H31N3.C2H6/c1-21-6-8-25(9-7-21)29-19-26(12-16-32-29)22(2)17-28(24-10-14-30-15-11-24)18-23(3)27-5-4-13-31-20-27;1-2/h4-16,19-20,22-23,28H,17-18H2,1-3H3;1-2H3. The van der Waals surface area contributed by atoms with Crippen molar-refractivity contribution in [2.24, 2.45) is 0 Å². The monoisotopic (exact) mass is 451 g/mol. The van der Waals surface area contributed by atoms with Crippen LogP contribution in [0.25, 0.3) is 11.3 Å². The van der Waals surface area contributed by atoms with E-state index in [0.717, 1.165) is 18.5 Å². The summed E-state index contributed by atoms with van der Waals surface area (Å²) in [4.78, 5) is 13.2. The van der Waals surface area contributed by atoms with Crippen LogP contribution in [-0.4, -0.2) is 15.0 Å². The molecule has 0 aliphatic heterocycles. The molecule has 3 aromatic heterocycles. The van der Waals surface area contributed by atoms with E-state index in [1.807, 2.05) is 50.9 Å². The highest BCUT2D eigenvalue weighted by Gasteiger charge is 2.21. The molecule has 3 atom stereocenters. The van der Waals surface area contributed by atoms with Crippen LogP contribution >= 0.6 is 0 Å². The van der Waals surface area contributed by atoms with E-state index >= 15 is 0 Å². The summed E-state index contributed by atoms with van der Waals surface area (Å²) in [6.45, 7) is 10.7. The van der Waals surface area contributed by atoms with Crippen molar-refractivity contribution in [1.29, 1.82) is 0 Å². The quantitative estimate of drug-likeness (QED) is 0.270. The number of aromatic nitrogens is 3. The van der Waals surface area contributed by atoms with Crippen LogP contribution in [0.15, 0.2) is 91.6 Å². The maximum absolute atomic E-state index is 4.63. The van der Waals surface area contributed by atoms with Crippen molar-refractivity contribution < 1.29 is 0 Å². The average Bonchev–Trinajstić information content (AvgIpc) is 2.91. The Kier molecular flexibility index (Phi) is 9.51. The van der Waals surface area contributed by atoms with Crippen LogP contribution in [-0.2, 0) is 0 Å². The van der Waals surface area contributed by atoms with Gasteiger partial charge in [-0.25, -0.2) is 0 Å². The van der Waals surface area contributed by atoms with Gasteiger partial charge in [-0.1, -0.05) is 63.6 Å². The highest BCUT2D eigenvalue weighted by Crippen LogP contribution is 2.37. The van der Waals surface area contributed by atoms with Crippen molar-refractivity contribution in [3.8, 4) is 11.3 Å². The van der Waals surface area contributed by atoms with Gasteiger partial charge in [0, 0.05) is 36.5 Å². The highest BCUT2D eigenvalue weighted by atomic mass is 14.7. The maximum Gasteiger partial charge on any atom is 0.0704 e. The fourth-order valence-corrected chi connectivity index (χ4v) is 4.43. The van der Waals surface area contributed by atoms with Crippen LogP contribution in [0.3, 0.4) is 0 Å². The van der Waals surface area contributed by atoms with Gasteiger partial charge in [0.1, 0.15) is 0 Å². The van der Waals surface area contributed by atoms with Gasteiger partial charge in [0.25, 0.3) is 0 Å². The number of rotatable bonds is 8. The molecule has 0 saturated heterocycles. The minimum absolute atomic E-state index is 0.418. The molecule has 0 fully saturated rings. The third-order valence-electron chi connectivity index (χ3n) is 6.41. The zero-order valence-corrected chi connectivity index (χ0v) is 21.1. The summed E-state index contributed by atoms with van der Waals surface area (Å²) >= 11 is 0. The second-order valence-corrected chi connectivity index (χ2v) is 8.88. The lowest BCUT2D eigenvalue weighted by Gasteiger charge is -2.25. The predicted octanol–water partition coefficient (Wildman–Crippen LogP) is 8.34. The third kappa shape index (κ3) is 6.84. The number of nitrogens with zero attached hydrogens (tertiary/aromatic N) is 3. The molecule has 3 nitrogen and oxygen atoms in total. The van der Waals surface area contributed by atoms with E-state index in [4.69, 9.17) is 0 Å². The average molecular weight is 452 g/mol. The summed E-state index contributed by atoms with van der Waals surface area (Å²) in [5.41, 5.74) is 7.46. The first-order valence-corrected chi connectivity index (χ1v) is 12.4. The number of pyridine rings is 3. The van der Waals surface area contributed by atoms with Crippen molar-refractivity contribution in [2.45, 2.75) is 65.2 Å². The molecule has 0 aliphatic carbocycles. The molecule has 1 aromatic carbocycles. The molecule has 0 amide bonds. The van der Waals surface area contributed by atoms with Gasteiger partial charge in [-0.3, -0.25) is 15.0 Å². The van der Waals surface area contributed by atoms with E-state index in [2.05, 4.69) is 90.3 Å². The number of hydrogen-bond donors (Lipinski definition) is 0. The first-order valence-electron chi connectivity index (χ1n) is 12.4. The summed E-state index contributed by atoms with van der Waals surface area (Å²) in [6, 6.07) is 21.6. The molecule has 0 aliphatic rings. The van der Waals surface area contributed by atoms with Crippen LogP contribution in [0.5, 0.6) is 0 Å². The third-order valence-corrected chi connectivity index (χ3v) is 6.41. The summed E-state index contributed by atoms with van der Waals surface area (Å²) < 4.78 is 0. The molecule has 34 heavy (non-hydrogen) atoms. The van der Waals surface area contributed by atoms with E-state index in [9.17, 15) is 0 Å². The highest BCUT2D eigenvalue weighted by molar-refractivity contribution is 5.60. The zero-order valence-electron chi connectivity index (χ0n) is 21.1. The van der Waals surface area contributed by atoms with Gasteiger partial charge in [-0.2, -0.15) is 0 Å². The number of benzene rings is 1. The van der Waals surface area contributed by atoms with Crippen molar-refractivity contribution in [1.82, 2.24) is 15.0 Å². The molecule has 3 unspecified atom stereocenters. The molecule has 0 N–H and O–H groups in total. The summed E-state index contributed by atoms with van der Waals surface area (Å²) in [5, 5.41) is 0. The second kappa shape index (κ2) is 12.8. The molecular formula is C31H37N3. The van der Waals surface area contributed by atoms with Crippen LogP contribution in [0.1, 0.15) is 80.5 Å². The zero-order chi connectivity index (χ0) is 24.3. The van der Waals surface area contributed by atoms with Gasteiger partial charge in [0.2, 0.25) is 0 Å². The fraction of sp³-hybridized carbons (Fsp3) is 0.323. The van der Waals surface area contributed by atoms with Crippen LogP contribution in [0, 0.1) is 6.92 Å². The summed E-state index contributed by atoms with van der Waals surface area (Å²) in [5.74, 6) is 1.30. The topological polar surface area (TPSA) is 38.7 Å². The van der Waals surface area contributed by atoms with Crippen molar-refractivity contribution >= 4 is 0 Å². The predicted molar refractivity (Wildman–Crippen MR) is 143 cm³/mol. The Morgan fingerprint density at radius 3 is 1.97 bits per heavy atom. The van der Waals surface area contributed by atoms with Crippen LogP contribution in [0.2, 0.25) is 0 Å². The summed E-state index contributed by atoms with van der Waals surface area (Å²) in [6.07, 6.45) is 11.7. The molecule has 3 heterocycles. The Hall–Kier alpha value is -3.33. The van der Waals surface area contributed by atoms with Gasteiger partial charge >= 0.3 is 0 Å². The Balaban J connectivity index is 0.00000158. The lowest BCUT2D eigenvalue weighted by molar-refractivity contribution is 0.488. The smallest absolute Gasteiger partial charge is 0.0704 e. The van der Waals surface area contributed by atoms with E-state index in [1.54, 1.807) is 0 Å². The minimum atomic E-state index is 0.418. The van der Waals surface area contributed by atoms with E-state index in [0.29, 0.717) is 17.8 Å². The summed E-state index contributed by atoms with van der Waals surface area (Å²) in [7, 11) is 0. The normalized spacial score (nSPS) is 13.3. The fourth-order valence-electron chi connectivity index (χ4n) is 4.43. The van der Waals surface area contributed by atoms with Gasteiger partial charge < -0.3 is 0 Å². The molecule has 176 valence electrons. The van der Waals surface area contributed by atoms with Crippen molar-refractivity contribution in [3.05, 3.63) is 114 Å². The molecule has 0 spiro atoms. The largest absolute Gasteiger partial charge is 0.265 e. The van der Waals surface area contributed by atoms with Gasteiger partial charge in [-0.15, -0.1) is 0 Å². The molecule has 0 radical (unpaired) electrons. The molecule has 3 heteroatoms. The maximum atomic E-state index is 4.63. The van der Waals surface area contributed by atoms with Gasteiger partial charge in [-0.05, 0) is 84.5 Å². The van der Waals surface area contributed by atoms with E-state index in [-0.39, 0.29) is 0 Å². The first-order chi connectivity index (χ1) is 16.6. The molecular weight excluding hydrogens is 414 g/mol. The second-order valence-electron chi connectivity index (χ2n) is 8.88. The van der Waals surface area contributed by atoms with Crippen LogP contribution < -0.4 is 0 Å². The minimum Gasteiger partial charge on any atom is -0.265 e. The number of hydrogen-bond acceptors (Lipinski definition) is 3. The molecule has 4 aromatic rings. The Labute approximate surface area is 205 Å².